The maximum absolute atomic E-state index is 12.8. The highest BCUT2D eigenvalue weighted by atomic mass is 32.2. The van der Waals surface area contributed by atoms with Crippen molar-refractivity contribution in [3.05, 3.63) is 60.3 Å². The normalized spacial score (nSPS) is 11.1. The van der Waals surface area contributed by atoms with Crippen LogP contribution in [-0.4, -0.2) is 55.9 Å². The van der Waals surface area contributed by atoms with Crippen LogP contribution in [0.15, 0.2) is 59.5 Å². The number of benzene rings is 2. The van der Waals surface area contributed by atoms with E-state index in [1.54, 1.807) is 36.4 Å². The molecule has 0 atom stereocenters. The second-order valence-electron chi connectivity index (χ2n) is 6.97. The molecule has 2 aromatic carbocycles. The van der Waals surface area contributed by atoms with Gasteiger partial charge in [0.05, 0.1) is 26.2 Å². The average Bonchev–Trinajstić information content (AvgIpc) is 2.88. The van der Waals surface area contributed by atoms with Crippen LogP contribution in [0, 0.1) is 0 Å². The zero-order valence-corrected chi connectivity index (χ0v) is 19.7. The third-order valence-corrected chi connectivity index (χ3v) is 6.18. The molecule has 13 heteroatoms. The topological polar surface area (TPSA) is 155 Å². The zero-order chi connectivity index (χ0) is 25.0. The molecule has 0 saturated carbocycles. The van der Waals surface area contributed by atoms with E-state index < -0.39 is 16.0 Å². The molecule has 0 fully saturated rings. The molecule has 0 bridgehead atoms. The average molecular weight is 497 g/mol. The Morgan fingerprint density at radius 1 is 0.886 bits per heavy atom. The number of hydrogen-bond donors (Lipinski definition) is 2. The summed E-state index contributed by atoms with van der Waals surface area (Å²) in [4.78, 5) is 19.9. The van der Waals surface area contributed by atoms with Gasteiger partial charge in [-0.2, -0.15) is 9.97 Å². The lowest BCUT2D eigenvalue weighted by molar-refractivity contribution is 0.0595. The number of nitrogens with one attached hydrogen (secondary N) is 2. The molecule has 0 radical (unpaired) electrons. The van der Waals surface area contributed by atoms with Crippen molar-refractivity contribution in [2.75, 3.05) is 31.4 Å². The van der Waals surface area contributed by atoms with E-state index in [4.69, 9.17) is 14.2 Å². The third kappa shape index (κ3) is 5.04. The smallest absolute Gasteiger partial charge is 0.359 e. The van der Waals surface area contributed by atoms with Gasteiger partial charge in [-0.15, -0.1) is 10.2 Å². The van der Waals surface area contributed by atoms with Crippen molar-refractivity contribution in [3.63, 3.8) is 0 Å². The van der Waals surface area contributed by atoms with Crippen LogP contribution >= 0.6 is 0 Å². The lowest BCUT2D eigenvalue weighted by Crippen LogP contribution is -2.14. The Balaban J connectivity index is 1.58. The fourth-order valence-corrected chi connectivity index (χ4v) is 4.14. The van der Waals surface area contributed by atoms with Crippen LogP contribution in [0.5, 0.6) is 11.9 Å². The maximum Gasteiger partial charge on any atom is 0.359 e. The highest BCUT2D eigenvalue weighted by Gasteiger charge is 2.18. The first-order valence-electron chi connectivity index (χ1n) is 10.1. The molecule has 12 nitrogen and oxygen atoms in total. The number of fused-ring (bicyclic) bond motifs is 1. The Labute approximate surface area is 200 Å². The number of rotatable bonds is 8. The summed E-state index contributed by atoms with van der Waals surface area (Å²) in [5.74, 6) is -0.0765. The number of ether oxygens (including phenoxy) is 3. The predicted molar refractivity (Wildman–Crippen MR) is 127 cm³/mol. The maximum atomic E-state index is 12.8. The molecule has 0 aliphatic heterocycles. The summed E-state index contributed by atoms with van der Waals surface area (Å²) in [6, 6.07) is 14.3. The Kier molecular flexibility index (Phi) is 6.59. The number of hydrogen-bond acceptors (Lipinski definition) is 11. The van der Waals surface area contributed by atoms with Crippen molar-refractivity contribution in [2.45, 2.75) is 4.90 Å². The number of carbonyl (C=O) groups is 1. The van der Waals surface area contributed by atoms with Crippen molar-refractivity contribution in [1.29, 1.82) is 0 Å². The Morgan fingerprint density at radius 3 is 2.26 bits per heavy atom. The fraction of sp³-hybridized carbons (Fsp3) is 0.136. The standard InChI is InChI=1S/C22H20N6O6S/c1-32-18-12-17(24-22(25-18)34-3)28-35(30,31)14-10-8-13(9-11-14)23-20-16-7-5-4-6-15(16)19(26-27-20)21(29)33-2/h4-12H,1-3H3,(H,23,27)(H,24,25,28). The predicted octanol–water partition coefficient (Wildman–Crippen LogP) is 2.77. The van der Waals surface area contributed by atoms with Crippen LogP contribution in [0.25, 0.3) is 10.8 Å². The van der Waals surface area contributed by atoms with Gasteiger partial charge in [0.2, 0.25) is 5.88 Å². The third-order valence-electron chi connectivity index (χ3n) is 4.81. The molecular formula is C22H20N6O6S. The minimum Gasteiger partial charge on any atom is -0.481 e. The Bertz CT molecular complexity index is 1470. The number of esters is 1. The quantitative estimate of drug-likeness (QED) is 0.346. The van der Waals surface area contributed by atoms with Gasteiger partial charge in [0.1, 0.15) is 0 Å². The molecule has 2 heterocycles. The second-order valence-corrected chi connectivity index (χ2v) is 8.65. The van der Waals surface area contributed by atoms with E-state index in [-0.39, 0.29) is 28.3 Å². The van der Waals surface area contributed by atoms with Crippen LogP contribution in [0.4, 0.5) is 17.3 Å². The van der Waals surface area contributed by atoms with Gasteiger partial charge in [0.15, 0.2) is 17.3 Å². The van der Waals surface area contributed by atoms with E-state index in [0.29, 0.717) is 22.3 Å². The lowest BCUT2D eigenvalue weighted by atomic mass is 10.1. The molecule has 4 aromatic rings. The van der Waals surface area contributed by atoms with Crippen LogP contribution in [-0.2, 0) is 14.8 Å². The molecule has 2 N–H and O–H groups in total. The Morgan fingerprint density at radius 2 is 1.60 bits per heavy atom. The number of carbonyl (C=O) groups excluding carboxylic acids is 1. The summed E-state index contributed by atoms with van der Waals surface area (Å²) >= 11 is 0. The van der Waals surface area contributed by atoms with E-state index in [9.17, 15) is 13.2 Å². The molecule has 4 rings (SSSR count). The SMILES string of the molecule is COC(=O)c1nnc(Nc2ccc(S(=O)(=O)Nc3cc(OC)nc(OC)n3)cc2)c2ccccc12. The summed E-state index contributed by atoms with van der Waals surface area (Å²) < 4.78 is 42.8. The molecule has 0 amide bonds. The van der Waals surface area contributed by atoms with Crippen molar-refractivity contribution in [2.24, 2.45) is 0 Å². The van der Waals surface area contributed by atoms with Crippen LogP contribution in [0.3, 0.4) is 0 Å². The summed E-state index contributed by atoms with van der Waals surface area (Å²) in [6.07, 6.45) is 0. The van der Waals surface area contributed by atoms with Crippen molar-refractivity contribution in [1.82, 2.24) is 20.2 Å². The summed E-state index contributed by atoms with van der Waals surface area (Å²) in [7, 11) is 0.0545. The van der Waals surface area contributed by atoms with Crippen molar-refractivity contribution in [3.8, 4) is 11.9 Å². The molecule has 0 spiro atoms. The van der Waals surface area contributed by atoms with Gasteiger partial charge >= 0.3 is 12.0 Å². The van der Waals surface area contributed by atoms with Crippen molar-refractivity contribution < 1.29 is 27.4 Å². The second kappa shape index (κ2) is 9.77. The van der Waals surface area contributed by atoms with E-state index in [1.165, 1.54) is 39.5 Å². The molecule has 0 aliphatic carbocycles. The van der Waals surface area contributed by atoms with Gasteiger partial charge in [-0.25, -0.2) is 13.2 Å². The van der Waals surface area contributed by atoms with Crippen molar-refractivity contribution >= 4 is 44.1 Å². The van der Waals surface area contributed by atoms with Gasteiger partial charge in [0.25, 0.3) is 10.0 Å². The molecule has 35 heavy (non-hydrogen) atoms. The van der Waals surface area contributed by atoms with E-state index in [0.717, 1.165) is 0 Å². The molecule has 0 unspecified atom stereocenters. The van der Waals surface area contributed by atoms with Gasteiger partial charge in [-0.3, -0.25) is 4.72 Å². The fourth-order valence-electron chi connectivity index (χ4n) is 3.15. The molecule has 0 aliphatic rings. The molecular weight excluding hydrogens is 476 g/mol. The lowest BCUT2D eigenvalue weighted by Gasteiger charge is -2.12. The zero-order valence-electron chi connectivity index (χ0n) is 18.8. The Hall–Kier alpha value is -4.52. The highest BCUT2D eigenvalue weighted by Crippen LogP contribution is 2.27. The summed E-state index contributed by atoms with van der Waals surface area (Å²) in [6.45, 7) is 0. The molecule has 180 valence electrons. The first kappa shape index (κ1) is 23.6. The van der Waals surface area contributed by atoms with E-state index in [2.05, 4.69) is 30.2 Å². The molecule has 0 saturated heterocycles. The van der Waals surface area contributed by atoms with E-state index in [1.807, 2.05) is 0 Å². The van der Waals surface area contributed by atoms with Gasteiger partial charge in [0, 0.05) is 22.5 Å². The summed E-state index contributed by atoms with van der Waals surface area (Å²) in [5.41, 5.74) is 0.652. The minimum absolute atomic E-state index is 0.00317. The summed E-state index contributed by atoms with van der Waals surface area (Å²) in [5, 5.41) is 12.4. The number of anilines is 3. The number of methoxy groups -OCH3 is 3. The van der Waals surface area contributed by atoms with Crippen LogP contribution in [0.2, 0.25) is 0 Å². The van der Waals surface area contributed by atoms with E-state index >= 15 is 0 Å². The first-order valence-corrected chi connectivity index (χ1v) is 11.5. The van der Waals surface area contributed by atoms with Gasteiger partial charge in [-0.05, 0) is 24.3 Å². The number of aromatic nitrogens is 4. The van der Waals surface area contributed by atoms with Gasteiger partial charge < -0.3 is 19.5 Å². The number of nitrogens with zero attached hydrogens (tertiary/aromatic N) is 4. The largest absolute Gasteiger partial charge is 0.481 e. The van der Waals surface area contributed by atoms with Crippen LogP contribution < -0.4 is 19.5 Å². The minimum atomic E-state index is -3.96. The molecule has 2 aromatic heterocycles. The van der Waals surface area contributed by atoms with Crippen LogP contribution in [0.1, 0.15) is 10.5 Å². The highest BCUT2D eigenvalue weighted by molar-refractivity contribution is 7.92. The monoisotopic (exact) mass is 496 g/mol. The first-order chi connectivity index (χ1) is 16.8. The van der Waals surface area contributed by atoms with Gasteiger partial charge in [-0.1, -0.05) is 24.3 Å². The number of sulfonamides is 1.